The molecule has 0 spiro atoms. The maximum absolute atomic E-state index is 14.0. The quantitative estimate of drug-likeness (QED) is 0.366. The average Bonchev–Trinajstić information content (AvgIpc) is 2.92. The Morgan fingerprint density at radius 3 is 2.54 bits per heavy atom. The fourth-order valence-electron chi connectivity index (χ4n) is 4.12. The van der Waals surface area contributed by atoms with Crippen LogP contribution in [0.5, 0.6) is 0 Å². The Bertz CT molecular complexity index is 1390. The third-order valence-electron chi connectivity index (χ3n) is 6.15. The molecule has 0 bridgehead atoms. The molecule has 1 aliphatic heterocycles. The number of rotatable bonds is 6. The fraction of sp³-hybridized carbons (Fsp3) is 0.333. The number of anilines is 3. The van der Waals surface area contributed by atoms with Gasteiger partial charge in [-0.15, -0.1) is 10.2 Å². The lowest BCUT2D eigenvalue weighted by molar-refractivity contribution is -0.137. The molecule has 0 unspecified atom stereocenters. The van der Waals surface area contributed by atoms with Crippen molar-refractivity contribution in [3.8, 4) is 11.4 Å². The molecule has 13 heteroatoms. The van der Waals surface area contributed by atoms with Gasteiger partial charge in [-0.05, 0) is 37.1 Å². The molecular weight excluding hydrogens is 492 g/mol. The van der Waals surface area contributed by atoms with E-state index in [9.17, 15) is 17.6 Å². The molecule has 1 saturated heterocycles. The van der Waals surface area contributed by atoms with Gasteiger partial charge in [-0.3, -0.25) is 0 Å². The highest BCUT2D eigenvalue weighted by Crippen LogP contribution is 2.31. The number of nitrogens with zero attached hydrogens (tertiary/aromatic N) is 7. The van der Waals surface area contributed by atoms with E-state index in [0.29, 0.717) is 28.3 Å². The summed E-state index contributed by atoms with van der Waals surface area (Å²) in [5, 5.41) is 11.5. The van der Waals surface area contributed by atoms with Crippen LogP contribution in [0.15, 0.2) is 42.9 Å². The second-order valence-corrected chi connectivity index (χ2v) is 8.47. The summed E-state index contributed by atoms with van der Waals surface area (Å²) in [5.74, 6) is 0.787. The van der Waals surface area contributed by atoms with Gasteiger partial charge in [0.2, 0.25) is 0 Å². The first-order valence-electron chi connectivity index (χ1n) is 11.5. The Hall–Kier alpha value is -4.00. The van der Waals surface area contributed by atoms with Gasteiger partial charge in [0.25, 0.3) is 0 Å². The standard InChI is InChI=1S/C24H22F4N8O/c1-37-16-5-8-36(9-6-16)20-10-14(11-25)21(35-34-20)18-13-31-22-17(4-7-29-23(22)33-18)32-19-3-2-15(12-30-19)24(26,27)28/h2-4,7,10,12-13,16H,5-6,8-9,11H2,1H3,(H,29,30,32,33). The van der Waals surface area contributed by atoms with Crippen LogP contribution in [0.2, 0.25) is 0 Å². The molecule has 4 aromatic rings. The molecule has 0 atom stereocenters. The summed E-state index contributed by atoms with van der Waals surface area (Å²) in [4.78, 5) is 19.0. The normalized spacial score (nSPS) is 14.8. The number of methoxy groups -OCH3 is 1. The summed E-state index contributed by atoms with van der Waals surface area (Å²) in [6.07, 6.45) is 1.09. The predicted octanol–water partition coefficient (Wildman–Crippen LogP) is 4.72. The Kier molecular flexibility index (Phi) is 6.78. The van der Waals surface area contributed by atoms with Crippen molar-refractivity contribution in [2.24, 2.45) is 0 Å². The predicted molar refractivity (Wildman–Crippen MR) is 128 cm³/mol. The van der Waals surface area contributed by atoms with Crippen molar-refractivity contribution in [3.63, 3.8) is 0 Å². The zero-order valence-electron chi connectivity index (χ0n) is 19.7. The molecule has 9 nitrogen and oxygen atoms in total. The van der Waals surface area contributed by atoms with Gasteiger partial charge in [0.15, 0.2) is 11.5 Å². The van der Waals surface area contributed by atoms with Crippen molar-refractivity contribution in [2.75, 3.05) is 30.4 Å². The van der Waals surface area contributed by atoms with Gasteiger partial charge in [0.1, 0.15) is 29.4 Å². The van der Waals surface area contributed by atoms with Gasteiger partial charge < -0.3 is 15.0 Å². The van der Waals surface area contributed by atoms with E-state index in [1.807, 2.05) is 4.90 Å². The summed E-state index contributed by atoms with van der Waals surface area (Å²) in [7, 11) is 1.69. The van der Waals surface area contributed by atoms with Gasteiger partial charge >= 0.3 is 6.18 Å². The van der Waals surface area contributed by atoms with Crippen LogP contribution in [0.3, 0.4) is 0 Å². The second kappa shape index (κ2) is 10.2. The van der Waals surface area contributed by atoms with Crippen molar-refractivity contribution in [1.29, 1.82) is 0 Å². The summed E-state index contributed by atoms with van der Waals surface area (Å²) in [6, 6.07) is 5.43. The van der Waals surface area contributed by atoms with Crippen LogP contribution in [-0.2, 0) is 17.6 Å². The van der Waals surface area contributed by atoms with Crippen LogP contribution < -0.4 is 10.2 Å². The molecule has 4 aromatic heterocycles. The first-order chi connectivity index (χ1) is 17.9. The molecule has 0 saturated carbocycles. The van der Waals surface area contributed by atoms with Crippen molar-refractivity contribution < 1.29 is 22.3 Å². The smallest absolute Gasteiger partial charge is 0.381 e. The highest BCUT2D eigenvalue weighted by Gasteiger charge is 2.30. The van der Waals surface area contributed by atoms with Crippen LogP contribution in [0, 0.1) is 0 Å². The zero-order chi connectivity index (χ0) is 26.0. The van der Waals surface area contributed by atoms with Gasteiger partial charge in [-0.25, -0.2) is 24.3 Å². The number of hydrogen-bond donors (Lipinski definition) is 1. The third-order valence-corrected chi connectivity index (χ3v) is 6.15. The molecule has 1 aliphatic rings. The van der Waals surface area contributed by atoms with E-state index < -0.39 is 18.4 Å². The lowest BCUT2D eigenvalue weighted by Crippen LogP contribution is -2.37. The number of alkyl halides is 4. The van der Waals surface area contributed by atoms with Crippen LogP contribution in [-0.4, -0.2) is 56.4 Å². The Labute approximate surface area is 209 Å². The number of aromatic nitrogens is 6. The van der Waals surface area contributed by atoms with Crippen LogP contribution in [0.4, 0.5) is 34.9 Å². The molecule has 1 fully saturated rings. The molecule has 0 amide bonds. The number of nitrogens with one attached hydrogen (secondary N) is 1. The van der Waals surface area contributed by atoms with Gasteiger partial charge in [0.05, 0.1) is 23.6 Å². The van der Waals surface area contributed by atoms with E-state index in [1.165, 1.54) is 18.5 Å². The van der Waals surface area contributed by atoms with Crippen LogP contribution in [0.1, 0.15) is 24.0 Å². The SMILES string of the molecule is COC1CCN(c2cc(CF)c(-c3cnc4c(Nc5ccc(C(F)(F)F)cn5)ccnc4n3)nn2)CC1. The van der Waals surface area contributed by atoms with E-state index >= 15 is 0 Å². The number of pyridine rings is 2. The minimum absolute atomic E-state index is 0.196. The Morgan fingerprint density at radius 2 is 1.86 bits per heavy atom. The van der Waals surface area contributed by atoms with E-state index in [4.69, 9.17) is 4.74 Å². The molecule has 0 radical (unpaired) electrons. The summed E-state index contributed by atoms with van der Waals surface area (Å²) in [5.41, 5.74) is 1.09. The Balaban J connectivity index is 1.40. The summed E-state index contributed by atoms with van der Waals surface area (Å²) < 4.78 is 57.8. The molecule has 192 valence electrons. The maximum Gasteiger partial charge on any atom is 0.417 e. The molecule has 37 heavy (non-hydrogen) atoms. The molecular formula is C24H22F4N8O. The molecule has 5 rings (SSSR count). The van der Waals surface area contributed by atoms with E-state index in [-0.39, 0.29) is 23.3 Å². The second-order valence-electron chi connectivity index (χ2n) is 8.47. The first-order valence-corrected chi connectivity index (χ1v) is 11.5. The molecule has 0 aliphatic carbocycles. The first kappa shape index (κ1) is 24.7. The van der Waals surface area contributed by atoms with Crippen LogP contribution in [0.25, 0.3) is 22.6 Å². The molecule has 5 heterocycles. The molecule has 1 N–H and O–H groups in total. The summed E-state index contributed by atoms with van der Waals surface area (Å²) in [6.45, 7) is 0.712. The number of piperidine rings is 1. The monoisotopic (exact) mass is 514 g/mol. The highest BCUT2D eigenvalue weighted by atomic mass is 19.4. The zero-order valence-corrected chi connectivity index (χ0v) is 19.7. The molecule has 0 aromatic carbocycles. The van der Waals surface area contributed by atoms with Gasteiger partial charge in [0, 0.05) is 38.2 Å². The van der Waals surface area contributed by atoms with Crippen molar-refractivity contribution >= 4 is 28.5 Å². The van der Waals surface area contributed by atoms with Crippen LogP contribution >= 0.6 is 0 Å². The van der Waals surface area contributed by atoms with Gasteiger partial charge in [-0.1, -0.05) is 0 Å². The Morgan fingerprint density at radius 1 is 1.05 bits per heavy atom. The largest absolute Gasteiger partial charge is 0.417 e. The minimum Gasteiger partial charge on any atom is -0.381 e. The number of halogens is 4. The number of ether oxygens (including phenoxy) is 1. The van der Waals surface area contributed by atoms with Crippen molar-refractivity contribution in [1.82, 2.24) is 30.1 Å². The van der Waals surface area contributed by atoms with Crippen molar-refractivity contribution in [2.45, 2.75) is 31.8 Å². The topological polar surface area (TPSA) is 102 Å². The van der Waals surface area contributed by atoms with Crippen molar-refractivity contribution in [3.05, 3.63) is 54.0 Å². The number of fused-ring (bicyclic) bond motifs is 1. The van der Waals surface area contributed by atoms with E-state index in [0.717, 1.165) is 38.2 Å². The maximum atomic E-state index is 14.0. The highest BCUT2D eigenvalue weighted by molar-refractivity contribution is 5.87. The average molecular weight is 514 g/mol. The third kappa shape index (κ3) is 5.26. The lowest BCUT2D eigenvalue weighted by Gasteiger charge is -2.31. The number of hydrogen-bond acceptors (Lipinski definition) is 9. The minimum atomic E-state index is -4.48. The summed E-state index contributed by atoms with van der Waals surface area (Å²) >= 11 is 0. The van der Waals surface area contributed by atoms with Gasteiger partial charge in [-0.2, -0.15) is 13.2 Å². The fourth-order valence-corrected chi connectivity index (χ4v) is 4.12. The van der Waals surface area contributed by atoms with E-state index in [2.05, 4.69) is 35.5 Å². The lowest BCUT2D eigenvalue weighted by atomic mass is 10.1. The van der Waals surface area contributed by atoms with E-state index in [1.54, 1.807) is 19.2 Å².